The van der Waals surface area contributed by atoms with Crippen molar-refractivity contribution in [1.29, 1.82) is 0 Å². The van der Waals surface area contributed by atoms with Gasteiger partial charge in [0.15, 0.2) is 11.4 Å². The van der Waals surface area contributed by atoms with Crippen LogP contribution in [0.2, 0.25) is 0 Å². The van der Waals surface area contributed by atoms with Crippen LogP contribution in [-0.2, 0) is 0 Å². The highest BCUT2D eigenvalue weighted by Crippen LogP contribution is 2.33. The molecule has 0 atom stereocenters. The van der Waals surface area contributed by atoms with E-state index in [1.165, 1.54) is 11.1 Å². The van der Waals surface area contributed by atoms with Crippen molar-refractivity contribution in [1.82, 2.24) is 15.0 Å². The topological polar surface area (TPSA) is 51.8 Å². The van der Waals surface area contributed by atoms with Crippen LogP contribution in [0, 0.1) is 0 Å². The van der Waals surface area contributed by atoms with Crippen molar-refractivity contribution < 1.29 is 4.42 Å². The van der Waals surface area contributed by atoms with Crippen molar-refractivity contribution in [3.05, 3.63) is 176 Å². The fourth-order valence-electron chi connectivity index (χ4n) is 6.32. The van der Waals surface area contributed by atoms with Gasteiger partial charge in [-0.05, 0) is 75.5 Å². The average molecular weight is 628 g/mol. The third kappa shape index (κ3) is 5.66. The first-order chi connectivity index (χ1) is 24.2. The third-order valence-electron chi connectivity index (χ3n) is 8.92. The predicted molar refractivity (Wildman–Crippen MR) is 200 cm³/mol. The zero-order valence-corrected chi connectivity index (χ0v) is 26.5. The fourth-order valence-corrected chi connectivity index (χ4v) is 6.32. The van der Waals surface area contributed by atoms with E-state index in [1.54, 1.807) is 0 Å². The average Bonchev–Trinajstić information content (AvgIpc) is 3.62. The number of hydrogen-bond donors (Lipinski definition) is 0. The van der Waals surface area contributed by atoms with E-state index < -0.39 is 0 Å². The Kier molecular flexibility index (Phi) is 7.10. The van der Waals surface area contributed by atoms with E-state index in [2.05, 4.69) is 115 Å². The Morgan fingerprint density at radius 2 is 0.816 bits per heavy atom. The van der Waals surface area contributed by atoms with Crippen LogP contribution in [0.1, 0.15) is 0 Å². The van der Waals surface area contributed by atoms with Crippen molar-refractivity contribution in [2.45, 2.75) is 0 Å². The molecule has 0 amide bonds. The number of benzene rings is 7. The molecule has 0 bridgehead atoms. The molecule has 2 aromatic heterocycles. The molecule has 0 saturated heterocycles. The van der Waals surface area contributed by atoms with Crippen LogP contribution in [-0.4, -0.2) is 15.0 Å². The molecule has 0 fully saturated rings. The minimum Gasteiger partial charge on any atom is -0.436 e. The van der Waals surface area contributed by atoms with Gasteiger partial charge in [-0.15, -0.1) is 0 Å². The Morgan fingerprint density at radius 1 is 0.327 bits per heavy atom. The lowest BCUT2D eigenvalue weighted by molar-refractivity contribution is 0.620. The Hall–Kier alpha value is -6.65. The van der Waals surface area contributed by atoms with E-state index in [-0.39, 0.29) is 0 Å². The summed E-state index contributed by atoms with van der Waals surface area (Å²) in [5, 5.41) is 2.30. The molecule has 0 spiro atoms. The van der Waals surface area contributed by atoms with E-state index in [9.17, 15) is 0 Å². The Balaban J connectivity index is 1.07. The maximum absolute atomic E-state index is 6.05. The summed E-state index contributed by atoms with van der Waals surface area (Å²) in [7, 11) is 0. The van der Waals surface area contributed by atoms with Gasteiger partial charge in [-0.25, -0.2) is 15.0 Å². The van der Waals surface area contributed by atoms with Crippen LogP contribution < -0.4 is 0 Å². The predicted octanol–water partition coefficient (Wildman–Crippen LogP) is 11.8. The lowest BCUT2D eigenvalue weighted by Crippen LogP contribution is -1.96. The molecule has 0 aliphatic rings. The smallest absolute Gasteiger partial charge is 0.227 e. The molecule has 0 aliphatic heterocycles. The summed E-state index contributed by atoms with van der Waals surface area (Å²) in [6, 6.07) is 60.6. The van der Waals surface area contributed by atoms with Gasteiger partial charge in [0.2, 0.25) is 5.89 Å². The molecule has 0 N–H and O–H groups in total. The van der Waals surface area contributed by atoms with Gasteiger partial charge in [0, 0.05) is 22.3 Å². The molecule has 0 saturated carbocycles. The first-order valence-electron chi connectivity index (χ1n) is 16.3. The minimum atomic E-state index is 0.631. The number of rotatable bonds is 6. The molecule has 0 aliphatic carbocycles. The summed E-state index contributed by atoms with van der Waals surface area (Å²) >= 11 is 0. The van der Waals surface area contributed by atoms with Gasteiger partial charge in [-0.1, -0.05) is 133 Å². The molecule has 9 rings (SSSR count). The zero-order valence-electron chi connectivity index (χ0n) is 26.5. The Labute approximate surface area is 284 Å². The van der Waals surface area contributed by atoms with E-state index in [1.807, 2.05) is 60.7 Å². The fraction of sp³-hybridized carbons (Fsp3) is 0. The van der Waals surface area contributed by atoms with Crippen LogP contribution in [0.3, 0.4) is 0 Å². The summed E-state index contributed by atoms with van der Waals surface area (Å²) in [6.07, 6.45) is 0. The summed E-state index contributed by atoms with van der Waals surface area (Å²) in [5.74, 6) is 1.33. The Bertz CT molecular complexity index is 2580. The van der Waals surface area contributed by atoms with Crippen molar-refractivity contribution in [3.8, 4) is 67.6 Å². The second-order valence-electron chi connectivity index (χ2n) is 12.1. The Morgan fingerprint density at radius 3 is 1.51 bits per heavy atom. The normalized spacial score (nSPS) is 11.3. The van der Waals surface area contributed by atoms with E-state index in [0.29, 0.717) is 11.7 Å². The molecule has 4 heteroatoms. The van der Waals surface area contributed by atoms with Crippen molar-refractivity contribution in [2.24, 2.45) is 0 Å². The quantitative estimate of drug-likeness (QED) is 0.184. The van der Waals surface area contributed by atoms with Crippen LogP contribution in [0.5, 0.6) is 0 Å². The molecule has 0 radical (unpaired) electrons. The van der Waals surface area contributed by atoms with Gasteiger partial charge in [-0.3, -0.25) is 0 Å². The zero-order chi connectivity index (χ0) is 32.6. The lowest BCUT2D eigenvalue weighted by Gasteiger charge is -2.11. The van der Waals surface area contributed by atoms with Crippen molar-refractivity contribution in [3.63, 3.8) is 0 Å². The van der Waals surface area contributed by atoms with Crippen LogP contribution in [0.4, 0.5) is 0 Å². The standard InChI is InChI=1S/C45H29N3O/c1-4-10-30(11-5-1)31-16-18-32(19-17-31)40-29-41(47-44(46-40)33-12-6-2-7-13-33)39-23-22-35-26-36(20-21-37(35)27-39)38-24-25-43-42(28-38)48-45(49-43)34-14-8-3-9-15-34/h1-29H. The molecule has 230 valence electrons. The van der Waals surface area contributed by atoms with Gasteiger partial charge in [0.25, 0.3) is 0 Å². The van der Waals surface area contributed by atoms with Crippen LogP contribution >= 0.6 is 0 Å². The van der Waals surface area contributed by atoms with Gasteiger partial charge in [0.1, 0.15) is 5.52 Å². The van der Waals surface area contributed by atoms with Crippen LogP contribution in [0.15, 0.2) is 180 Å². The van der Waals surface area contributed by atoms with E-state index in [4.69, 9.17) is 19.4 Å². The molecule has 49 heavy (non-hydrogen) atoms. The summed E-state index contributed by atoms with van der Waals surface area (Å²) in [4.78, 5) is 14.9. The summed E-state index contributed by atoms with van der Waals surface area (Å²) < 4.78 is 6.05. The molecule has 0 unspecified atom stereocenters. The maximum atomic E-state index is 6.05. The SMILES string of the molecule is c1ccc(-c2ccc(-c3cc(-c4ccc5cc(-c6ccc7oc(-c8ccccc8)nc7c6)ccc5c4)nc(-c4ccccc4)n3)cc2)cc1. The number of nitrogens with zero attached hydrogens (tertiary/aromatic N) is 3. The van der Waals surface area contributed by atoms with E-state index >= 15 is 0 Å². The second-order valence-corrected chi connectivity index (χ2v) is 12.1. The maximum Gasteiger partial charge on any atom is 0.227 e. The summed E-state index contributed by atoms with van der Waals surface area (Å²) in [6.45, 7) is 0. The van der Waals surface area contributed by atoms with Gasteiger partial charge >= 0.3 is 0 Å². The van der Waals surface area contributed by atoms with E-state index in [0.717, 1.165) is 66.6 Å². The summed E-state index contributed by atoms with van der Waals surface area (Å²) in [5.41, 5.74) is 12.0. The molecule has 2 heterocycles. The van der Waals surface area contributed by atoms with Crippen molar-refractivity contribution >= 4 is 21.9 Å². The molecule has 4 nitrogen and oxygen atoms in total. The number of aromatic nitrogens is 3. The lowest BCUT2D eigenvalue weighted by atomic mass is 9.98. The first kappa shape index (κ1) is 28.6. The number of hydrogen-bond acceptors (Lipinski definition) is 4. The highest BCUT2D eigenvalue weighted by atomic mass is 16.3. The highest BCUT2D eigenvalue weighted by molar-refractivity contribution is 5.92. The molecular weight excluding hydrogens is 599 g/mol. The van der Waals surface area contributed by atoms with Gasteiger partial charge in [-0.2, -0.15) is 0 Å². The molecule has 7 aromatic carbocycles. The third-order valence-corrected chi connectivity index (χ3v) is 8.92. The van der Waals surface area contributed by atoms with Crippen LogP contribution in [0.25, 0.3) is 89.5 Å². The molecular formula is C45H29N3O. The first-order valence-corrected chi connectivity index (χ1v) is 16.3. The van der Waals surface area contributed by atoms with Crippen molar-refractivity contribution in [2.75, 3.05) is 0 Å². The second kappa shape index (κ2) is 12.2. The van der Waals surface area contributed by atoms with Gasteiger partial charge in [0.05, 0.1) is 11.4 Å². The highest BCUT2D eigenvalue weighted by Gasteiger charge is 2.13. The van der Waals surface area contributed by atoms with Gasteiger partial charge < -0.3 is 4.42 Å². The number of fused-ring (bicyclic) bond motifs is 2. The molecule has 9 aromatic rings. The number of oxazole rings is 1. The minimum absolute atomic E-state index is 0.631. The largest absolute Gasteiger partial charge is 0.436 e. The monoisotopic (exact) mass is 627 g/mol.